The first-order chi connectivity index (χ1) is 7.18. The Bertz CT molecular complexity index is 204. The van der Waals surface area contributed by atoms with E-state index in [0.717, 1.165) is 16.4 Å². The molecule has 0 amide bonds. The van der Waals surface area contributed by atoms with Gasteiger partial charge in [-0.05, 0) is 43.1 Å². The second-order valence-electron chi connectivity index (χ2n) is 4.96. The van der Waals surface area contributed by atoms with Crippen molar-refractivity contribution >= 4 is 23.5 Å². The SMILES string of the molecule is C[C@H](C[C@H](C)[C@@H]1O[C@H]1C)C1SCCCS1. The fourth-order valence-corrected chi connectivity index (χ4v) is 5.58. The van der Waals surface area contributed by atoms with Gasteiger partial charge in [-0.2, -0.15) is 0 Å². The van der Waals surface area contributed by atoms with Gasteiger partial charge in [-0.25, -0.2) is 0 Å². The number of ether oxygens (including phenoxy) is 1. The van der Waals surface area contributed by atoms with Crippen molar-refractivity contribution in [3.05, 3.63) is 0 Å². The van der Waals surface area contributed by atoms with E-state index >= 15 is 0 Å². The molecule has 3 heteroatoms. The van der Waals surface area contributed by atoms with E-state index in [-0.39, 0.29) is 0 Å². The van der Waals surface area contributed by atoms with E-state index in [2.05, 4.69) is 44.3 Å². The van der Waals surface area contributed by atoms with E-state index < -0.39 is 0 Å². The van der Waals surface area contributed by atoms with Gasteiger partial charge in [-0.3, -0.25) is 0 Å². The van der Waals surface area contributed by atoms with E-state index in [0.29, 0.717) is 12.2 Å². The molecule has 2 aliphatic rings. The summed E-state index contributed by atoms with van der Waals surface area (Å²) in [4.78, 5) is 0. The van der Waals surface area contributed by atoms with Crippen molar-refractivity contribution in [1.82, 2.24) is 0 Å². The van der Waals surface area contributed by atoms with Crippen molar-refractivity contribution in [2.24, 2.45) is 11.8 Å². The number of thioether (sulfide) groups is 2. The number of hydrogen-bond donors (Lipinski definition) is 0. The van der Waals surface area contributed by atoms with E-state index in [1.165, 1.54) is 24.3 Å². The lowest BCUT2D eigenvalue weighted by atomic mass is 9.94. The molecule has 2 aliphatic heterocycles. The van der Waals surface area contributed by atoms with E-state index in [1.807, 2.05) is 0 Å². The fraction of sp³-hybridized carbons (Fsp3) is 1.00. The summed E-state index contributed by atoms with van der Waals surface area (Å²) in [5, 5.41) is 0. The summed E-state index contributed by atoms with van der Waals surface area (Å²) in [6.45, 7) is 6.96. The Hall–Kier alpha value is 0.660. The summed E-state index contributed by atoms with van der Waals surface area (Å²) in [7, 11) is 0. The minimum absolute atomic E-state index is 0.527. The van der Waals surface area contributed by atoms with Gasteiger partial charge in [0.05, 0.1) is 16.8 Å². The van der Waals surface area contributed by atoms with Gasteiger partial charge in [0.2, 0.25) is 0 Å². The Morgan fingerprint density at radius 2 is 1.80 bits per heavy atom. The first-order valence-electron chi connectivity index (χ1n) is 6.07. The fourth-order valence-electron chi connectivity index (χ4n) is 2.47. The molecule has 0 N–H and O–H groups in total. The van der Waals surface area contributed by atoms with Crippen LogP contribution in [0.25, 0.3) is 0 Å². The normalized spacial score (nSPS) is 36.2. The van der Waals surface area contributed by atoms with E-state index in [9.17, 15) is 0 Å². The third kappa shape index (κ3) is 3.31. The largest absolute Gasteiger partial charge is 0.370 e. The van der Waals surface area contributed by atoms with Crippen molar-refractivity contribution in [3.8, 4) is 0 Å². The summed E-state index contributed by atoms with van der Waals surface area (Å²) in [5.74, 6) is 4.32. The monoisotopic (exact) mass is 246 g/mol. The molecule has 15 heavy (non-hydrogen) atoms. The molecule has 0 aliphatic carbocycles. The first-order valence-corrected chi connectivity index (χ1v) is 8.17. The second kappa shape index (κ2) is 5.33. The average molecular weight is 246 g/mol. The van der Waals surface area contributed by atoms with Gasteiger partial charge in [-0.15, -0.1) is 23.5 Å². The van der Waals surface area contributed by atoms with Crippen LogP contribution < -0.4 is 0 Å². The van der Waals surface area contributed by atoms with Gasteiger partial charge in [0, 0.05) is 0 Å². The van der Waals surface area contributed by atoms with Crippen LogP contribution in [0.5, 0.6) is 0 Å². The maximum atomic E-state index is 5.55. The Kier molecular flexibility index (Phi) is 4.31. The lowest BCUT2D eigenvalue weighted by Crippen LogP contribution is -2.20. The van der Waals surface area contributed by atoms with Gasteiger partial charge < -0.3 is 4.74 Å². The number of rotatable bonds is 4. The molecule has 0 bridgehead atoms. The molecule has 0 radical (unpaired) electrons. The molecule has 88 valence electrons. The smallest absolute Gasteiger partial charge is 0.0864 e. The zero-order chi connectivity index (χ0) is 10.8. The second-order valence-corrected chi connectivity index (χ2v) is 7.76. The summed E-state index contributed by atoms with van der Waals surface area (Å²) in [6.07, 6.45) is 3.82. The highest BCUT2D eigenvalue weighted by Crippen LogP contribution is 2.40. The van der Waals surface area contributed by atoms with Crippen molar-refractivity contribution < 1.29 is 4.74 Å². The van der Waals surface area contributed by atoms with Gasteiger partial charge in [-0.1, -0.05) is 13.8 Å². The lowest BCUT2D eigenvalue weighted by molar-refractivity contribution is 0.301. The summed E-state index contributed by atoms with van der Waals surface area (Å²) in [5.41, 5.74) is 0. The summed E-state index contributed by atoms with van der Waals surface area (Å²) >= 11 is 4.34. The zero-order valence-electron chi connectivity index (χ0n) is 9.94. The molecule has 2 rings (SSSR count). The first kappa shape index (κ1) is 12.1. The maximum absolute atomic E-state index is 5.55. The van der Waals surface area contributed by atoms with Crippen molar-refractivity contribution in [2.75, 3.05) is 11.5 Å². The van der Waals surface area contributed by atoms with Crippen LogP contribution in [0.1, 0.15) is 33.6 Å². The standard InChI is InChI=1S/C12H22OS2/c1-8(11-10(3)13-11)7-9(2)12-14-5-4-6-15-12/h8-12H,4-7H2,1-3H3/t8-,9+,10-,11-/m0/s1. The highest BCUT2D eigenvalue weighted by Gasteiger charge is 2.39. The van der Waals surface area contributed by atoms with Crippen LogP contribution in [0.4, 0.5) is 0 Å². The molecule has 0 spiro atoms. The third-order valence-electron chi connectivity index (χ3n) is 3.38. The molecular formula is C12H22OS2. The molecule has 0 aromatic heterocycles. The van der Waals surface area contributed by atoms with Gasteiger partial charge in [0.1, 0.15) is 0 Å². The Morgan fingerprint density at radius 1 is 1.20 bits per heavy atom. The van der Waals surface area contributed by atoms with Crippen LogP contribution >= 0.6 is 23.5 Å². The van der Waals surface area contributed by atoms with Crippen molar-refractivity contribution in [1.29, 1.82) is 0 Å². The van der Waals surface area contributed by atoms with Gasteiger partial charge in [0.25, 0.3) is 0 Å². The highest BCUT2D eigenvalue weighted by atomic mass is 32.2. The predicted molar refractivity (Wildman–Crippen MR) is 70.6 cm³/mol. The van der Waals surface area contributed by atoms with Crippen molar-refractivity contribution in [3.63, 3.8) is 0 Å². The predicted octanol–water partition coefficient (Wildman–Crippen LogP) is 3.63. The lowest BCUT2D eigenvalue weighted by Gasteiger charge is -2.28. The maximum Gasteiger partial charge on any atom is 0.0864 e. The van der Waals surface area contributed by atoms with Crippen LogP contribution in [0.15, 0.2) is 0 Å². The minimum atomic E-state index is 0.527. The van der Waals surface area contributed by atoms with Gasteiger partial charge >= 0.3 is 0 Å². The topological polar surface area (TPSA) is 12.5 Å². The van der Waals surface area contributed by atoms with Crippen LogP contribution in [-0.2, 0) is 4.74 Å². The molecule has 0 aromatic carbocycles. The molecule has 0 unspecified atom stereocenters. The zero-order valence-corrected chi connectivity index (χ0v) is 11.6. The number of hydrogen-bond acceptors (Lipinski definition) is 3. The molecular weight excluding hydrogens is 224 g/mol. The molecule has 4 atom stereocenters. The van der Waals surface area contributed by atoms with E-state index in [4.69, 9.17) is 4.74 Å². The average Bonchev–Trinajstić information content (AvgIpc) is 2.97. The number of epoxide rings is 1. The van der Waals surface area contributed by atoms with Crippen molar-refractivity contribution in [2.45, 2.75) is 50.4 Å². The van der Waals surface area contributed by atoms with Crippen LogP contribution in [0, 0.1) is 11.8 Å². The Labute approximate surface area is 102 Å². The van der Waals surface area contributed by atoms with E-state index in [1.54, 1.807) is 0 Å². The van der Waals surface area contributed by atoms with Crippen LogP contribution in [-0.4, -0.2) is 28.3 Å². The quantitative estimate of drug-likeness (QED) is 0.703. The van der Waals surface area contributed by atoms with Gasteiger partial charge in [0.15, 0.2) is 0 Å². The molecule has 2 saturated heterocycles. The molecule has 2 heterocycles. The highest BCUT2D eigenvalue weighted by molar-refractivity contribution is 8.17. The molecule has 0 aromatic rings. The Morgan fingerprint density at radius 3 is 2.33 bits per heavy atom. The Balaban J connectivity index is 1.72. The minimum Gasteiger partial charge on any atom is -0.370 e. The van der Waals surface area contributed by atoms with Crippen LogP contribution in [0.2, 0.25) is 0 Å². The van der Waals surface area contributed by atoms with Crippen LogP contribution in [0.3, 0.4) is 0 Å². The molecule has 1 nitrogen and oxygen atoms in total. The summed E-state index contributed by atoms with van der Waals surface area (Å²) in [6, 6.07) is 0. The molecule has 2 fully saturated rings. The summed E-state index contributed by atoms with van der Waals surface area (Å²) < 4.78 is 6.40. The third-order valence-corrected chi connectivity index (χ3v) is 6.83. The molecule has 0 saturated carbocycles.